The van der Waals surface area contributed by atoms with E-state index in [1.54, 1.807) is 4.90 Å². The third-order valence-corrected chi connectivity index (χ3v) is 5.38. The van der Waals surface area contributed by atoms with E-state index in [0.717, 1.165) is 50.3 Å². The van der Waals surface area contributed by atoms with Gasteiger partial charge in [-0.2, -0.15) is 0 Å². The lowest BCUT2D eigenvalue weighted by Gasteiger charge is -2.38. The van der Waals surface area contributed by atoms with Crippen molar-refractivity contribution in [3.63, 3.8) is 0 Å². The van der Waals surface area contributed by atoms with Gasteiger partial charge in [0.2, 0.25) is 5.91 Å². The predicted molar refractivity (Wildman–Crippen MR) is 92.6 cm³/mol. The molecular weight excluding hydrogens is 304 g/mol. The van der Waals surface area contributed by atoms with Crippen LogP contribution >= 0.6 is 0 Å². The molecule has 0 radical (unpaired) electrons. The molecule has 3 atom stereocenters. The predicted octanol–water partition coefficient (Wildman–Crippen LogP) is 2.60. The molecule has 0 spiro atoms. The Morgan fingerprint density at radius 2 is 2.17 bits per heavy atom. The number of aliphatic hydroxyl groups excluding tert-OH is 1. The second kappa shape index (κ2) is 7.70. The lowest BCUT2D eigenvalue weighted by atomic mass is 9.91. The summed E-state index contributed by atoms with van der Waals surface area (Å²) in [6.07, 6.45) is 4.16. The van der Waals surface area contributed by atoms with Crippen LogP contribution in [0.4, 0.5) is 0 Å². The van der Waals surface area contributed by atoms with Gasteiger partial charge in [-0.15, -0.1) is 0 Å². The Balaban J connectivity index is 1.63. The standard InChI is InChI=1S/C19H30N2O3/c1-3-16-6-7-18(24-16)17-11-14(2)8-10-20(17)12-15(22)13-21-9-4-5-19(21)23/h6-7,14-15,17,22H,3-5,8-13H2,1-2H3/t14-,15+,17-/m0/s1. The van der Waals surface area contributed by atoms with E-state index in [1.165, 1.54) is 0 Å². The van der Waals surface area contributed by atoms with Gasteiger partial charge < -0.3 is 14.4 Å². The van der Waals surface area contributed by atoms with Crippen LogP contribution in [0.3, 0.4) is 0 Å². The number of rotatable bonds is 6. The molecule has 1 N–H and O–H groups in total. The third-order valence-electron chi connectivity index (χ3n) is 5.38. The molecule has 2 saturated heterocycles. The minimum Gasteiger partial charge on any atom is -0.464 e. The van der Waals surface area contributed by atoms with Crippen molar-refractivity contribution in [1.82, 2.24) is 9.80 Å². The zero-order valence-corrected chi connectivity index (χ0v) is 14.9. The zero-order chi connectivity index (χ0) is 17.1. The van der Waals surface area contributed by atoms with E-state index < -0.39 is 6.10 Å². The number of furan rings is 1. The van der Waals surface area contributed by atoms with Gasteiger partial charge in [0.05, 0.1) is 12.1 Å². The van der Waals surface area contributed by atoms with E-state index in [4.69, 9.17) is 4.42 Å². The molecule has 0 aliphatic carbocycles. The van der Waals surface area contributed by atoms with Gasteiger partial charge in [-0.1, -0.05) is 13.8 Å². The number of aryl methyl sites for hydroxylation is 1. The first-order chi connectivity index (χ1) is 11.6. The van der Waals surface area contributed by atoms with E-state index >= 15 is 0 Å². The number of carbonyl (C=O) groups excluding carboxylic acids is 1. The van der Waals surface area contributed by atoms with E-state index in [1.807, 2.05) is 0 Å². The number of hydrogen-bond acceptors (Lipinski definition) is 4. The summed E-state index contributed by atoms with van der Waals surface area (Å²) in [5, 5.41) is 10.5. The molecule has 0 saturated carbocycles. The van der Waals surface area contributed by atoms with Crippen molar-refractivity contribution in [2.45, 2.75) is 58.1 Å². The maximum atomic E-state index is 11.8. The van der Waals surface area contributed by atoms with Crippen LogP contribution in [0.5, 0.6) is 0 Å². The van der Waals surface area contributed by atoms with Crippen LogP contribution in [-0.2, 0) is 11.2 Å². The number of likely N-dealkylation sites (tertiary alicyclic amines) is 2. The first-order valence-electron chi connectivity index (χ1n) is 9.35. The summed E-state index contributed by atoms with van der Waals surface area (Å²) < 4.78 is 6.00. The first-order valence-corrected chi connectivity index (χ1v) is 9.35. The second-order valence-corrected chi connectivity index (χ2v) is 7.40. The lowest BCUT2D eigenvalue weighted by Crippen LogP contribution is -2.44. The Hall–Kier alpha value is -1.33. The normalized spacial score (nSPS) is 27.0. The Kier molecular flexibility index (Phi) is 5.61. The highest BCUT2D eigenvalue weighted by Crippen LogP contribution is 2.35. The highest BCUT2D eigenvalue weighted by molar-refractivity contribution is 5.78. The molecular formula is C19H30N2O3. The number of piperidine rings is 1. The van der Waals surface area contributed by atoms with Gasteiger partial charge in [-0.3, -0.25) is 9.69 Å². The largest absolute Gasteiger partial charge is 0.464 e. The molecule has 2 aliphatic heterocycles. The molecule has 3 heterocycles. The Labute approximate surface area is 144 Å². The summed E-state index contributed by atoms with van der Waals surface area (Å²) in [6, 6.07) is 4.38. The summed E-state index contributed by atoms with van der Waals surface area (Å²) in [5.74, 6) is 2.88. The highest BCUT2D eigenvalue weighted by atomic mass is 16.3. The van der Waals surface area contributed by atoms with E-state index in [9.17, 15) is 9.90 Å². The average Bonchev–Trinajstić information content (AvgIpc) is 3.19. The molecule has 0 aromatic carbocycles. The van der Waals surface area contributed by atoms with E-state index in [-0.39, 0.29) is 11.9 Å². The molecule has 1 aromatic rings. The van der Waals surface area contributed by atoms with Crippen LogP contribution in [0.2, 0.25) is 0 Å². The number of aliphatic hydroxyl groups is 1. The number of carbonyl (C=O) groups is 1. The molecule has 2 fully saturated rings. The van der Waals surface area contributed by atoms with Gasteiger partial charge in [0.1, 0.15) is 11.5 Å². The van der Waals surface area contributed by atoms with Gasteiger partial charge in [0.15, 0.2) is 0 Å². The molecule has 5 nitrogen and oxygen atoms in total. The monoisotopic (exact) mass is 334 g/mol. The first kappa shape index (κ1) is 17.5. The fraction of sp³-hybridized carbons (Fsp3) is 0.737. The average molecular weight is 334 g/mol. The summed E-state index contributed by atoms with van der Waals surface area (Å²) in [5.41, 5.74) is 0. The molecule has 3 rings (SSSR count). The van der Waals surface area contributed by atoms with Crippen LogP contribution in [-0.4, -0.2) is 53.1 Å². The molecule has 1 amide bonds. The zero-order valence-electron chi connectivity index (χ0n) is 14.9. The van der Waals surface area contributed by atoms with Crippen LogP contribution < -0.4 is 0 Å². The summed E-state index contributed by atoms with van der Waals surface area (Å²) in [7, 11) is 0. The molecule has 0 bridgehead atoms. The molecule has 5 heteroatoms. The van der Waals surface area contributed by atoms with Crippen molar-refractivity contribution >= 4 is 5.91 Å². The lowest BCUT2D eigenvalue weighted by molar-refractivity contribution is -0.129. The topological polar surface area (TPSA) is 56.9 Å². The third kappa shape index (κ3) is 4.01. The number of amides is 1. The maximum absolute atomic E-state index is 11.8. The summed E-state index contributed by atoms with van der Waals surface area (Å²) >= 11 is 0. The fourth-order valence-electron chi connectivity index (χ4n) is 3.95. The highest BCUT2D eigenvalue weighted by Gasteiger charge is 2.32. The van der Waals surface area contributed by atoms with Crippen molar-refractivity contribution in [1.29, 1.82) is 0 Å². The Morgan fingerprint density at radius 3 is 2.83 bits per heavy atom. The van der Waals surface area contributed by atoms with Gasteiger partial charge >= 0.3 is 0 Å². The Morgan fingerprint density at radius 1 is 1.33 bits per heavy atom. The van der Waals surface area contributed by atoms with Crippen molar-refractivity contribution in [3.8, 4) is 0 Å². The van der Waals surface area contributed by atoms with Gasteiger partial charge in [0.25, 0.3) is 0 Å². The minimum atomic E-state index is -0.497. The summed E-state index contributed by atoms with van der Waals surface area (Å²) in [6.45, 7) is 7.20. The van der Waals surface area contributed by atoms with Crippen molar-refractivity contribution in [2.24, 2.45) is 5.92 Å². The van der Waals surface area contributed by atoms with Gasteiger partial charge in [-0.05, 0) is 43.9 Å². The van der Waals surface area contributed by atoms with Crippen LogP contribution in [0.15, 0.2) is 16.5 Å². The van der Waals surface area contributed by atoms with Gasteiger partial charge in [-0.25, -0.2) is 0 Å². The number of β-amino-alcohol motifs (C(OH)–C–C–N with tert-alkyl or cyclic N) is 1. The summed E-state index contributed by atoms with van der Waals surface area (Å²) in [4.78, 5) is 15.9. The van der Waals surface area contributed by atoms with Crippen molar-refractivity contribution < 1.29 is 14.3 Å². The minimum absolute atomic E-state index is 0.177. The van der Waals surface area contributed by atoms with Crippen molar-refractivity contribution in [3.05, 3.63) is 23.7 Å². The van der Waals surface area contributed by atoms with Gasteiger partial charge in [0, 0.05) is 32.5 Å². The molecule has 2 aliphatic rings. The number of nitrogens with zero attached hydrogens (tertiary/aromatic N) is 2. The molecule has 0 unspecified atom stereocenters. The molecule has 134 valence electrons. The van der Waals surface area contributed by atoms with Crippen LogP contribution in [0, 0.1) is 5.92 Å². The van der Waals surface area contributed by atoms with Crippen LogP contribution in [0.1, 0.15) is 57.1 Å². The van der Waals surface area contributed by atoms with E-state index in [2.05, 4.69) is 30.9 Å². The van der Waals surface area contributed by atoms with E-state index in [0.29, 0.717) is 25.4 Å². The number of hydrogen-bond donors (Lipinski definition) is 1. The van der Waals surface area contributed by atoms with Crippen molar-refractivity contribution in [2.75, 3.05) is 26.2 Å². The molecule has 1 aromatic heterocycles. The van der Waals surface area contributed by atoms with Crippen LogP contribution in [0.25, 0.3) is 0 Å². The smallest absolute Gasteiger partial charge is 0.222 e. The maximum Gasteiger partial charge on any atom is 0.222 e. The fourth-order valence-corrected chi connectivity index (χ4v) is 3.95. The second-order valence-electron chi connectivity index (χ2n) is 7.40. The molecule has 24 heavy (non-hydrogen) atoms. The quantitative estimate of drug-likeness (QED) is 0.869. The SMILES string of the molecule is CCc1ccc([C@@H]2C[C@@H](C)CCN2C[C@@H](O)CN2CCCC2=O)o1. The Bertz CT molecular complexity index is 557.